The van der Waals surface area contributed by atoms with Gasteiger partial charge in [0.2, 0.25) is 0 Å². The number of carbonyl (C=O) groups excluding carboxylic acids is 2. The summed E-state index contributed by atoms with van der Waals surface area (Å²) in [5, 5.41) is 0. The predicted molar refractivity (Wildman–Crippen MR) is 149 cm³/mol. The molecule has 0 aliphatic heterocycles. The average Bonchev–Trinajstić information content (AvgIpc) is 3.02. The Hall–Kier alpha value is -3.70. The maximum absolute atomic E-state index is 12.1. The zero-order valence-electron chi connectivity index (χ0n) is 22.4. The van der Waals surface area contributed by atoms with E-state index in [-0.39, 0.29) is 17.9 Å². The van der Waals surface area contributed by atoms with Crippen LogP contribution in [0, 0.1) is 17.8 Å². The predicted octanol–water partition coefficient (Wildman–Crippen LogP) is 7.30. The molecule has 2 aromatic rings. The number of carbonyl (C=O) groups is 2. The number of hydrogen-bond acceptors (Lipinski definition) is 5. The summed E-state index contributed by atoms with van der Waals surface area (Å²) in [6, 6.07) is 19.4. The molecule has 0 spiro atoms. The Morgan fingerprint density at radius 1 is 0.865 bits per heavy atom. The van der Waals surface area contributed by atoms with E-state index in [1.54, 1.807) is 0 Å². The van der Waals surface area contributed by atoms with Gasteiger partial charge in [-0.3, -0.25) is 4.79 Å². The Labute approximate surface area is 222 Å². The Kier molecular flexibility index (Phi) is 12.7. The molecule has 1 fully saturated rings. The van der Waals surface area contributed by atoms with Crippen LogP contribution in [-0.4, -0.2) is 11.9 Å². The van der Waals surface area contributed by atoms with Crippen molar-refractivity contribution in [2.24, 2.45) is 17.8 Å². The van der Waals surface area contributed by atoms with Crippen LogP contribution in [0.5, 0.6) is 0 Å². The maximum Gasteiger partial charge on any atom is 0.330 e. The number of ether oxygens (including phenoxy) is 2. The first-order valence-electron chi connectivity index (χ1n) is 13.3. The quantitative estimate of drug-likeness (QED) is 0.254. The summed E-state index contributed by atoms with van der Waals surface area (Å²) < 4.78 is 15.5. The molecule has 0 heterocycles. The molecule has 0 aromatic heterocycles. The van der Waals surface area contributed by atoms with Crippen molar-refractivity contribution < 1.29 is 20.5 Å². The van der Waals surface area contributed by atoms with Gasteiger partial charge in [0.15, 0.2) is 0 Å². The van der Waals surface area contributed by atoms with E-state index >= 15 is 0 Å². The molecule has 0 amide bonds. The molecule has 1 saturated carbocycles. The van der Waals surface area contributed by atoms with E-state index in [2.05, 4.69) is 49.2 Å². The monoisotopic (exact) mass is 502 g/mol. The van der Waals surface area contributed by atoms with E-state index in [0.717, 1.165) is 30.0 Å². The van der Waals surface area contributed by atoms with Gasteiger partial charge in [0.1, 0.15) is 14.6 Å². The molecule has 3 N–H and O–H groups in total. The van der Waals surface area contributed by atoms with Gasteiger partial charge in [-0.15, -0.1) is 0 Å². The molecule has 2 aromatic carbocycles. The molecule has 37 heavy (non-hydrogen) atoms. The second kappa shape index (κ2) is 16.9. The molecule has 4 aliphatic rings. The van der Waals surface area contributed by atoms with Crippen LogP contribution in [0.2, 0.25) is 1.41 Å². The van der Waals surface area contributed by atoms with E-state index in [0.29, 0.717) is 25.0 Å². The molecular weight excluding hydrogens is 462 g/mol. The van der Waals surface area contributed by atoms with Gasteiger partial charge in [-0.25, -0.2) is 4.79 Å². The lowest BCUT2D eigenvalue weighted by atomic mass is 9.69. The summed E-state index contributed by atoms with van der Waals surface area (Å²) in [5.74, 6) is 0.705. The maximum atomic E-state index is 12.1. The third-order valence-corrected chi connectivity index (χ3v) is 6.38. The van der Waals surface area contributed by atoms with Crippen LogP contribution in [-0.2, 0) is 32.3 Å². The van der Waals surface area contributed by atoms with E-state index in [1.807, 2.05) is 60.7 Å². The van der Waals surface area contributed by atoms with E-state index in [1.165, 1.54) is 19.3 Å². The van der Waals surface area contributed by atoms with Crippen molar-refractivity contribution in [2.75, 3.05) is 0 Å². The Morgan fingerprint density at radius 2 is 1.43 bits per heavy atom. The standard InChI is InChI=1S/C16H18O2.C10H10O2.C6H8.H3N/c17-16(18-11-13-4-2-1-3-5-13)15-10-12-6-8-14(15)9-7-12;1-2-10(11)12-8-9-6-4-3-5-7-9;1-2-4-6-5-3-1;/h1-6,8,12,14-15H,7,9-11H2;2-7H,1,8H2;1-4H,5-6H2;1H3/i/hD. The normalized spacial score (nSPS) is 20.4. The van der Waals surface area contributed by atoms with E-state index in [4.69, 9.17) is 10.9 Å². The van der Waals surface area contributed by atoms with Gasteiger partial charge in [-0.1, -0.05) is 104 Å². The Bertz CT molecular complexity index is 1040. The fourth-order valence-corrected chi connectivity index (χ4v) is 4.37. The minimum atomic E-state index is -0.390. The molecule has 5 nitrogen and oxygen atoms in total. The minimum absolute atomic E-state index is 0.0158. The van der Waals surface area contributed by atoms with Crippen LogP contribution < -0.4 is 6.14 Å². The molecule has 6 rings (SSSR count). The van der Waals surface area contributed by atoms with Gasteiger partial charge >= 0.3 is 11.9 Å². The highest BCUT2D eigenvalue weighted by Gasteiger charge is 2.37. The Morgan fingerprint density at radius 3 is 1.84 bits per heavy atom. The summed E-state index contributed by atoms with van der Waals surface area (Å²) >= 11 is 0. The highest BCUT2D eigenvalue weighted by Crippen LogP contribution is 2.40. The Balaban J connectivity index is 0.000000218. The van der Waals surface area contributed by atoms with Gasteiger partial charge in [-0.05, 0) is 55.1 Å². The number of fused-ring (bicyclic) bond motifs is 2. The molecule has 3 unspecified atom stereocenters. The molecule has 3 atom stereocenters. The van der Waals surface area contributed by atoms with Crippen LogP contribution in [0.15, 0.2) is 110 Å². The van der Waals surface area contributed by atoms with Crippen LogP contribution in [0.3, 0.4) is 0 Å². The highest BCUT2D eigenvalue weighted by atomic mass is 16.5. The number of esters is 2. The lowest BCUT2D eigenvalue weighted by molar-refractivity contribution is -0.153. The zero-order chi connectivity index (χ0) is 27.4. The molecular formula is C32H39NO4. The molecule has 0 radical (unpaired) electrons. The summed E-state index contributed by atoms with van der Waals surface area (Å²) in [4.78, 5) is 22.8. The van der Waals surface area contributed by atoms with Crippen molar-refractivity contribution in [1.29, 1.82) is 0 Å². The molecule has 0 saturated heterocycles. The van der Waals surface area contributed by atoms with Crippen molar-refractivity contribution in [1.82, 2.24) is 6.14 Å². The summed E-state index contributed by atoms with van der Waals surface area (Å²) in [6.07, 6.45) is 23.8. The number of rotatable bonds is 6. The number of benzene rings is 2. The second-order valence-corrected chi connectivity index (χ2v) is 9.05. The first-order chi connectivity index (χ1) is 18.7. The summed E-state index contributed by atoms with van der Waals surface area (Å²) in [5.41, 5.74) is 2.04. The second-order valence-electron chi connectivity index (χ2n) is 9.05. The third-order valence-electron chi connectivity index (χ3n) is 6.38. The van der Waals surface area contributed by atoms with Crippen LogP contribution in [0.25, 0.3) is 0 Å². The number of allylic oxidation sites excluding steroid dienone is 6. The lowest BCUT2D eigenvalue weighted by Gasteiger charge is -2.36. The third kappa shape index (κ3) is 10.8. The molecule has 196 valence electrons. The van der Waals surface area contributed by atoms with Gasteiger partial charge in [0.25, 0.3) is 0 Å². The van der Waals surface area contributed by atoms with Crippen LogP contribution in [0.1, 0.15) is 43.2 Å². The largest absolute Gasteiger partial charge is 0.461 e. The topological polar surface area (TPSA) is 87.6 Å². The average molecular weight is 503 g/mol. The minimum Gasteiger partial charge on any atom is -0.461 e. The first-order valence-corrected chi connectivity index (χ1v) is 12.7. The van der Waals surface area contributed by atoms with Crippen molar-refractivity contribution in [3.05, 3.63) is 121 Å². The first kappa shape index (κ1) is 27.9. The van der Waals surface area contributed by atoms with Crippen molar-refractivity contribution in [3.63, 3.8) is 0 Å². The SMILES string of the molecule is C1=CCCC=C1.C=CC(=O)OCc1ccccc1.O=C(OCc1ccccc1)C1CC2C=CC1CC2.[2H]N. The van der Waals surface area contributed by atoms with Crippen LogP contribution in [0.4, 0.5) is 0 Å². The summed E-state index contributed by atoms with van der Waals surface area (Å²) in [6.45, 7) is 4.01. The van der Waals surface area contributed by atoms with Gasteiger partial charge in [-0.2, -0.15) is 0 Å². The number of hydrogen-bond donors (Lipinski definition) is 1. The van der Waals surface area contributed by atoms with E-state index < -0.39 is 0 Å². The lowest BCUT2D eigenvalue weighted by Crippen LogP contribution is -2.33. The molecule has 5 heteroatoms. The fraction of sp³-hybridized carbons (Fsp3) is 0.312. The van der Waals surface area contributed by atoms with Crippen molar-refractivity contribution in [2.45, 2.75) is 45.3 Å². The van der Waals surface area contributed by atoms with E-state index in [9.17, 15) is 9.59 Å². The fourth-order valence-electron chi connectivity index (χ4n) is 4.37. The summed E-state index contributed by atoms with van der Waals surface area (Å²) in [7, 11) is 0. The van der Waals surface area contributed by atoms with Crippen LogP contribution >= 0.6 is 0 Å². The van der Waals surface area contributed by atoms with Gasteiger partial charge in [0, 0.05) is 6.08 Å². The highest BCUT2D eigenvalue weighted by molar-refractivity contribution is 5.81. The smallest absolute Gasteiger partial charge is 0.330 e. The van der Waals surface area contributed by atoms with Crippen molar-refractivity contribution in [3.8, 4) is 0 Å². The zero-order valence-corrected chi connectivity index (χ0v) is 21.4. The van der Waals surface area contributed by atoms with Gasteiger partial charge < -0.3 is 15.6 Å². The van der Waals surface area contributed by atoms with Gasteiger partial charge in [0.05, 0.1) is 5.92 Å². The van der Waals surface area contributed by atoms with Crippen molar-refractivity contribution >= 4 is 11.9 Å². The molecule has 2 bridgehead atoms. The molecule has 4 aliphatic carbocycles.